The summed E-state index contributed by atoms with van der Waals surface area (Å²) < 4.78 is 8.75. The molecule has 0 aliphatic rings. The van der Waals surface area contributed by atoms with Gasteiger partial charge in [0.15, 0.2) is 0 Å². The number of fused-ring (bicyclic) bond motifs is 1. The van der Waals surface area contributed by atoms with Crippen LogP contribution < -0.4 is 4.74 Å². The summed E-state index contributed by atoms with van der Waals surface area (Å²) in [4.78, 5) is 0. The minimum Gasteiger partial charge on any atom is -0.495 e. The zero-order chi connectivity index (χ0) is 16.7. The lowest BCUT2D eigenvalue weighted by molar-refractivity contribution is 0.415. The van der Waals surface area contributed by atoms with E-state index in [4.69, 9.17) is 16.3 Å². The number of hydrogen-bond donors (Lipinski definition) is 0. The van der Waals surface area contributed by atoms with E-state index in [1.165, 1.54) is 0 Å². The highest BCUT2D eigenvalue weighted by molar-refractivity contribution is 6.32. The summed E-state index contributed by atoms with van der Waals surface area (Å²) in [6.45, 7) is 0. The van der Waals surface area contributed by atoms with Gasteiger partial charge >= 0.3 is 0 Å². The standard InChI is InChI=1S/C17H14ClN5O/c1-22-10-15(23-14-6-4-3-5-13(14)19-21-23)17(20-22)11-7-8-16(24-2)12(18)9-11/h3-10H,1-2H3. The van der Waals surface area contributed by atoms with Gasteiger partial charge in [-0.05, 0) is 30.3 Å². The van der Waals surface area contributed by atoms with E-state index in [1.54, 1.807) is 16.5 Å². The van der Waals surface area contributed by atoms with Gasteiger partial charge in [0.1, 0.15) is 22.6 Å². The van der Waals surface area contributed by atoms with Crippen molar-refractivity contribution in [3.05, 3.63) is 53.7 Å². The summed E-state index contributed by atoms with van der Waals surface area (Å²) in [6, 6.07) is 13.4. The van der Waals surface area contributed by atoms with Crippen LogP contribution in [0.3, 0.4) is 0 Å². The first kappa shape index (κ1) is 14.7. The first-order valence-corrected chi connectivity index (χ1v) is 7.73. The van der Waals surface area contributed by atoms with E-state index in [0.29, 0.717) is 10.8 Å². The summed E-state index contributed by atoms with van der Waals surface area (Å²) in [6.07, 6.45) is 1.91. The fraction of sp³-hybridized carbons (Fsp3) is 0.118. The van der Waals surface area contributed by atoms with E-state index in [0.717, 1.165) is 28.0 Å². The molecule has 4 aromatic rings. The number of nitrogens with zero attached hydrogens (tertiary/aromatic N) is 5. The van der Waals surface area contributed by atoms with Crippen molar-refractivity contribution in [3.8, 4) is 22.7 Å². The molecule has 7 heteroatoms. The zero-order valence-corrected chi connectivity index (χ0v) is 13.9. The lowest BCUT2D eigenvalue weighted by Gasteiger charge is -2.06. The fourth-order valence-electron chi connectivity index (χ4n) is 2.70. The molecule has 2 aromatic heterocycles. The highest BCUT2D eigenvalue weighted by Gasteiger charge is 2.16. The molecule has 0 saturated carbocycles. The third kappa shape index (κ3) is 2.32. The molecule has 120 valence electrons. The Morgan fingerprint density at radius 1 is 1.12 bits per heavy atom. The molecule has 0 aliphatic heterocycles. The molecule has 24 heavy (non-hydrogen) atoms. The molecule has 0 amide bonds. The van der Waals surface area contributed by atoms with Gasteiger partial charge in [0.05, 0.1) is 23.8 Å². The Kier molecular flexibility index (Phi) is 3.46. The molecule has 6 nitrogen and oxygen atoms in total. The normalized spacial score (nSPS) is 11.1. The van der Waals surface area contributed by atoms with Gasteiger partial charge in [-0.15, -0.1) is 5.10 Å². The minimum absolute atomic E-state index is 0.537. The maximum absolute atomic E-state index is 6.26. The second kappa shape index (κ2) is 5.65. The van der Waals surface area contributed by atoms with Crippen molar-refractivity contribution in [1.82, 2.24) is 24.8 Å². The van der Waals surface area contributed by atoms with Crippen molar-refractivity contribution in [1.29, 1.82) is 0 Å². The SMILES string of the molecule is COc1ccc(-c2nn(C)cc2-n2nnc3ccccc32)cc1Cl. The topological polar surface area (TPSA) is 57.8 Å². The van der Waals surface area contributed by atoms with Gasteiger partial charge in [0, 0.05) is 12.6 Å². The smallest absolute Gasteiger partial charge is 0.137 e. The van der Waals surface area contributed by atoms with Gasteiger partial charge in [0.2, 0.25) is 0 Å². The molecule has 4 rings (SSSR count). The average molecular weight is 340 g/mol. The summed E-state index contributed by atoms with van der Waals surface area (Å²) >= 11 is 6.26. The lowest BCUT2D eigenvalue weighted by Crippen LogP contribution is -1.97. The van der Waals surface area contributed by atoms with Crippen LogP contribution in [0, 0.1) is 0 Å². The minimum atomic E-state index is 0.537. The summed E-state index contributed by atoms with van der Waals surface area (Å²) in [5.41, 5.74) is 4.26. The maximum Gasteiger partial charge on any atom is 0.137 e. The van der Waals surface area contributed by atoms with E-state index < -0.39 is 0 Å². The number of hydrogen-bond acceptors (Lipinski definition) is 4. The summed E-state index contributed by atoms with van der Waals surface area (Å²) in [5, 5.41) is 13.6. The molecule has 0 N–H and O–H groups in total. The number of ether oxygens (including phenoxy) is 1. The molecule has 0 fully saturated rings. The second-order valence-electron chi connectivity index (χ2n) is 5.38. The van der Waals surface area contributed by atoms with Crippen molar-refractivity contribution < 1.29 is 4.74 Å². The predicted molar refractivity (Wildman–Crippen MR) is 92.6 cm³/mol. The number of aromatic nitrogens is 5. The number of benzene rings is 2. The first-order valence-electron chi connectivity index (χ1n) is 7.36. The molecule has 0 saturated heterocycles. The highest BCUT2D eigenvalue weighted by Crippen LogP contribution is 2.32. The predicted octanol–water partition coefficient (Wildman–Crippen LogP) is 3.48. The summed E-state index contributed by atoms with van der Waals surface area (Å²) in [5.74, 6) is 0.629. The Balaban J connectivity index is 1.91. The highest BCUT2D eigenvalue weighted by atomic mass is 35.5. The van der Waals surface area contributed by atoms with Gasteiger partial charge in [-0.3, -0.25) is 4.68 Å². The van der Waals surface area contributed by atoms with Crippen molar-refractivity contribution >= 4 is 22.6 Å². The molecular formula is C17H14ClN5O. The number of para-hydroxylation sites is 1. The third-order valence-electron chi connectivity index (χ3n) is 3.81. The lowest BCUT2D eigenvalue weighted by atomic mass is 10.1. The average Bonchev–Trinajstić information content (AvgIpc) is 3.18. The quantitative estimate of drug-likeness (QED) is 0.573. The van der Waals surface area contributed by atoms with Crippen LogP contribution in [0.5, 0.6) is 5.75 Å². The molecular weight excluding hydrogens is 326 g/mol. The van der Waals surface area contributed by atoms with Crippen LogP contribution >= 0.6 is 11.6 Å². The maximum atomic E-state index is 6.26. The number of halogens is 1. The summed E-state index contributed by atoms with van der Waals surface area (Å²) in [7, 11) is 3.46. The molecule has 0 spiro atoms. The molecule has 0 bridgehead atoms. The Morgan fingerprint density at radius 2 is 1.96 bits per heavy atom. The monoisotopic (exact) mass is 339 g/mol. The van der Waals surface area contributed by atoms with E-state index in [-0.39, 0.29) is 0 Å². The third-order valence-corrected chi connectivity index (χ3v) is 4.11. The van der Waals surface area contributed by atoms with Crippen LogP contribution in [-0.2, 0) is 7.05 Å². The Labute approximate surface area is 143 Å². The van der Waals surface area contributed by atoms with Crippen molar-refractivity contribution in [2.45, 2.75) is 0 Å². The molecule has 0 aliphatic carbocycles. The van der Waals surface area contributed by atoms with Gasteiger partial charge in [-0.25, -0.2) is 4.68 Å². The van der Waals surface area contributed by atoms with Crippen LogP contribution in [-0.4, -0.2) is 31.9 Å². The number of methoxy groups -OCH3 is 1. The van der Waals surface area contributed by atoms with Crippen LogP contribution in [0.2, 0.25) is 5.02 Å². The van der Waals surface area contributed by atoms with Gasteiger partial charge in [0.25, 0.3) is 0 Å². The second-order valence-corrected chi connectivity index (χ2v) is 5.78. The van der Waals surface area contributed by atoms with Crippen LogP contribution in [0.25, 0.3) is 28.0 Å². The van der Waals surface area contributed by atoms with E-state index in [1.807, 2.05) is 55.7 Å². The van der Waals surface area contributed by atoms with E-state index in [9.17, 15) is 0 Å². The molecule has 2 heterocycles. The largest absolute Gasteiger partial charge is 0.495 e. The van der Waals surface area contributed by atoms with Crippen LogP contribution in [0.15, 0.2) is 48.7 Å². The molecule has 0 atom stereocenters. The van der Waals surface area contributed by atoms with Crippen molar-refractivity contribution in [2.24, 2.45) is 7.05 Å². The Bertz CT molecular complexity index is 1040. The van der Waals surface area contributed by atoms with Crippen LogP contribution in [0.4, 0.5) is 0 Å². The number of rotatable bonds is 3. The molecule has 0 unspecified atom stereocenters. The fourth-order valence-corrected chi connectivity index (χ4v) is 2.95. The Hall–Kier alpha value is -2.86. The zero-order valence-electron chi connectivity index (χ0n) is 13.1. The van der Waals surface area contributed by atoms with Crippen LogP contribution in [0.1, 0.15) is 0 Å². The van der Waals surface area contributed by atoms with Crippen molar-refractivity contribution in [3.63, 3.8) is 0 Å². The van der Waals surface area contributed by atoms with E-state index >= 15 is 0 Å². The molecule has 0 radical (unpaired) electrons. The van der Waals surface area contributed by atoms with Gasteiger partial charge < -0.3 is 4.74 Å². The Morgan fingerprint density at radius 3 is 2.75 bits per heavy atom. The molecule has 2 aromatic carbocycles. The first-order chi connectivity index (χ1) is 11.7. The van der Waals surface area contributed by atoms with Crippen molar-refractivity contribution in [2.75, 3.05) is 7.11 Å². The van der Waals surface area contributed by atoms with Gasteiger partial charge in [-0.2, -0.15) is 5.10 Å². The number of aryl methyl sites for hydroxylation is 1. The van der Waals surface area contributed by atoms with E-state index in [2.05, 4.69) is 15.4 Å². The van der Waals surface area contributed by atoms with Gasteiger partial charge in [-0.1, -0.05) is 28.9 Å².